The van der Waals surface area contributed by atoms with Crippen molar-refractivity contribution in [3.8, 4) is 0 Å². The number of hydrogen-bond acceptors (Lipinski definition) is 6. The summed E-state index contributed by atoms with van der Waals surface area (Å²) in [6.07, 6.45) is 3.45. The van der Waals surface area contributed by atoms with Crippen molar-refractivity contribution in [2.75, 3.05) is 11.1 Å². The standard InChI is InChI=1S/C13H17N5OS/c1-8(2)17-12(19)10-11(14)18-20-13(10)16-7-9-3-5-15-6-4-9/h3-6,8,16H,7H2,1-2H3,(H2,14,18)(H,17,19). The van der Waals surface area contributed by atoms with Gasteiger partial charge in [-0.25, -0.2) is 0 Å². The third-order valence-corrected chi connectivity index (χ3v) is 3.39. The molecule has 2 aromatic rings. The molecule has 2 heterocycles. The van der Waals surface area contributed by atoms with E-state index in [2.05, 4.69) is 20.0 Å². The molecule has 4 N–H and O–H groups in total. The van der Waals surface area contributed by atoms with Crippen molar-refractivity contribution in [2.45, 2.75) is 26.4 Å². The van der Waals surface area contributed by atoms with E-state index in [1.54, 1.807) is 12.4 Å². The van der Waals surface area contributed by atoms with Crippen LogP contribution in [0.4, 0.5) is 10.8 Å². The Morgan fingerprint density at radius 2 is 2.10 bits per heavy atom. The molecule has 0 atom stereocenters. The first-order valence-electron chi connectivity index (χ1n) is 6.26. The van der Waals surface area contributed by atoms with Crippen LogP contribution in [0.1, 0.15) is 29.8 Å². The van der Waals surface area contributed by atoms with Crippen LogP contribution in [-0.4, -0.2) is 21.3 Å². The van der Waals surface area contributed by atoms with Gasteiger partial charge in [0.15, 0.2) is 5.82 Å². The molecule has 0 saturated heterocycles. The molecule has 2 aromatic heterocycles. The van der Waals surface area contributed by atoms with Crippen LogP contribution < -0.4 is 16.4 Å². The SMILES string of the molecule is CC(C)NC(=O)c1c(N)nsc1NCc1ccncc1. The largest absolute Gasteiger partial charge is 0.382 e. The normalized spacial score (nSPS) is 10.6. The van der Waals surface area contributed by atoms with E-state index in [0.717, 1.165) is 5.56 Å². The summed E-state index contributed by atoms with van der Waals surface area (Å²) in [5.74, 6) is 0.0499. The molecule has 20 heavy (non-hydrogen) atoms. The average Bonchev–Trinajstić information content (AvgIpc) is 2.78. The molecule has 0 aliphatic heterocycles. The topological polar surface area (TPSA) is 92.9 Å². The highest BCUT2D eigenvalue weighted by molar-refractivity contribution is 7.11. The third-order valence-electron chi connectivity index (χ3n) is 2.57. The zero-order chi connectivity index (χ0) is 14.5. The third kappa shape index (κ3) is 3.45. The van der Waals surface area contributed by atoms with Crippen molar-refractivity contribution in [1.82, 2.24) is 14.7 Å². The monoisotopic (exact) mass is 291 g/mol. The molecule has 0 bridgehead atoms. The number of rotatable bonds is 5. The first kappa shape index (κ1) is 14.3. The minimum Gasteiger partial charge on any atom is -0.382 e. The van der Waals surface area contributed by atoms with Crippen LogP contribution in [0.5, 0.6) is 0 Å². The van der Waals surface area contributed by atoms with E-state index in [1.165, 1.54) is 11.5 Å². The number of pyridine rings is 1. The molecule has 1 amide bonds. The van der Waals surface area contributed by atoms with Gasteiger partial charge in [0, 0.05) is 25.0 Å². The fourth-order valence-electron chi connectivity index (χ4n) is 1.66. The molecular formula is C13H17N5OS. The summed E-state index contributed by atoms with van der Waals surface area (Å²) in [7, 11) is 0. The van der Waals surface area contributed by atoms with Crippen molar-refractivity contribution in [3.05, 3.63) is 35.7 Å². The van der Waals surface area contributed by atoms with Gasteiger partial charge in [0.05, 0.1) is 0 Å². The van der Waals surface area contributed by atoms with E-state index in [9.17, 15) is 4.79 Å². The second kappa shape index (κ2) is 6.33. The lowest BCUT2D eigenvalue weighted by atomic mass is 10.2. The van der Waals surface area contributed by atoms with Gasteiger partial charge in [-0.2, -0.15) is 4.37 Å². The quantitative estimate of drug-likeness (QED) is 0.782. The number of aromatic nitrogens is 2. The highest BCUT2D eigenvalue weighted by Gasteiger charge is 2.19. The van der Waals surface area contributed by atoms with Crippen LogP contribution in [0.15, 0.2) is 24.5 Å². The molecule has 0 aliphatic rings. The van der Waals surface area contributed by atoms with Crippen LogP contribution in [0.2, 0.25) is 0 Å². The number of anilines is 2. The number of hydrogen-bond donors (Lipinski definition) is 3. The van der Waals surface area contributed by atoms with E-state index in [0.29, 0.717) is 17.1 Å². The van der Waals surface area contributed by atoms with Gasteiger partial charge >= 0.3 is 0 Å². The lowest BCUT2D eigenvalue weighted by molar-refractivity contribution is 0.0945. The summed E-state index contributed by atoms with van der Waals surface area (Å²) in [5.41, 5.74) is 7.26. The number of nitrogens with two attached hydrogens (primary N) is 1. The predicted molar refractivity (Wildman–Crippen MR) is 80.7 cm³/mol. The van der Waals surface area contributed by atoms with Gasteiger partial charge in [0.2, 0.25) is 0 Å². The maximum absolute atomic E-state index is 12.1. The zero-order valence-electron chi connectivity index (χ0n) is 11.4. The van der Waals surface area contributed by atoms with Gasteiger partial charge in [0.1, 0.15) is 10.6 Å². The van der Waals surface area contributed by atoms with Gasteiger partial charge in [0.25, 0.3) is 5.91 Å². The summed E-state index contributed by atoms with van der Waals surface area (Å²) < 4.78 is 4.04. The summed E-state index contributed by atoms with van der Waals surface area (Å²) in [6, 6.07) is 3.87. The van der Waals surface area contributed by atoms with Gasteiger partial charge in [-0.1, -0.05) is 0 Å². The molecule has 6 nitrogen and oxygen atoms in total. The average molecular weight is 291 g/mol. The Morgan fingerprint density at radius 1 is 1.40 bits per heavy atom. The van der Waals surface area contributed by atoms with Gasteiger partial charge in [-0.05, 0) is 43.1 Å². The molecule has 0 aromatic carbocycles. The van der Waals surface area contributed by atoms with Crippen molar-refractivity contribution in [1.29, 1.82) is 0 Å². The Labute approximate surface area is 121 Å². The number of nitrogens with zero attached hydrogens (tertiary/aromatic N) is 2. The highest BCUT2D eigenvalue weighted by atomic mass is 32.1. The molecule has 0 spiro atoms. The first-order valence-corrected chi connectivity index (χ1v) is 7.04. The lowest BCUT2D eigenvalue weighted by Crippen LogP contribution is -2.30. The molecule has 0 radical (unpaired) electrons. The van der Waals surface area contributed by atoms with Crippen LogP contribution in [0.3, 0.4) is 0 Å². The number of amides is 1. The number of carbonyl (C=O) groups is 1. The van der Waals surface area contributed by atoms with Gasteiger partial charge < -0.3 is 16.4 Å². The Balaban J connectivity index is 2.11. The van der Waals surface area contributed by atoms with E-state index < -0.39 is 0 Å². The summed E-state index contributed by atoms with van der Waals surface area (Å²) >= 11 is 1.19. The van der Waals surface area contributed by atoms with Crippen LogP contribution in [0, 0.1) is 0 Å². The fraction of sp³-hybridized carbons (Fsp3) is 0.308. The summed E-state index contributed by atoms with van der Waals surface area (Å²) in [4.78, 5) is 16.1. The summed E-state index contributed by atoms with van der Waals surface area (Å²) in [6.45, 7) is 4.39. The van der Waals surface area contributed by atoms with Crippen molar-refractivity contribution >= 4 is 28.3 Å². The molecule has 2 rings (SSSR count). The first-order chi connectivity index (χ1) is 9.58. The molecule has 0 aliphatic carbocycles. The Kier molecular flexibility index (Phi) is 4.52. The van der Waals surface area contributed by atoms with E-state index in [-0.39, 0.29) is 17.8 Å². The maximum Gasteiger partial charge on any atom is 0.258 e. The number of carbonyl (C=O) groups excluding carboxylic acids is 1. The van der Waals surface area contributed by atoms with Gasteiger partial charge in [-0.15, -0.1) is 0 Å². The highest BCUT2D eigenvalue weighted by Crippen LogP contribution is 2.27. The van der Waals surface area contributed by atoms with Crippen LogP contribution in [-0.2, 0) is 6.54 Å². The fourth-order valence-corrected chi connectivity index (χ4v) is 2.37. The van der Waals surface area contributed by atoms with Crippen molar-refractivity contribution in [2.24, 2.45) is 0 Å². The molecule has 106 valence electrons. The molecule has 0 unspecified atom stereocenters. The number of nitrogens with one attached hydrogen (secondary N) is 2. The Morgan fingerprint density at radius 3 is 2.75 bits per heavy atom. The minimum atomic E-state index is -0.205. The molecular weight excluding hydrogens is 274 g/mol. The Hall–Kier alpha value is -2.15. The molecule has 0 saturated carbocycles. The second-order valence-corrected chi connectivity index (χ2v) is 5.38. The van der Waals surface area contributed by atoms with Crippen LogP contribution >= 0.6 is 11.5 Å². The van der Waals surface area contributed by atoms with Crippen LogP contribution in [0.25, 0.3) is 0 Å². The summed E-state index contributed by atoms with van der Waals surface area (Å²) in [5, 5.41) is 6.69. The van der Waals surface area contributed by atoms with Gasteiger partial charge in [-0.3, -0.25) is 9.78 Å². The number of nitrogen functional groups attached to an aromatic ring is 1. The van der Waals surface area contributed by atoms with Crippen molar-refractivity contribution < 1.29 is 4.79 Å². The Bertz CT molecular complexity index is 582. The smallest absolute Gasteiger partial charge is 0.258 e. The molecule has 0 fully saturated rings. The maximum atomic E-state index is 12.1. The van der Waals surface area contributed by atoms with Crippen molar-refractivity contribution in [3.63, 3.8) is 0 Å². The van der Waals surface area contributed by atoms with E-state index in [4.69, 9.17) is 5.73 Å². The minimum absolute atomic E-state index is 0.0508. The van der Waals surface area contributed by atoms with E-state index in [1.807, 2.05) is 26.0 Å². The van der Waals surface area contributed by atoms with E-state index >= 15 is 0 Å². The zero-order valence-corrected chi connectivity index (χ0v) is 12.2. The predicted octanol–water partition coefficient (Wildman–Crippen LogP) is 1.87. The second-order valence-electron chi connectivity index (χ2n) is 4.61. The lowest BCUT2D eigenvalue weighted by Gasteiger charge is -2.10. The molecule has 7 heteroatoms.